The molecule has 0 radical (unpaired) electrons. The summed E-state index contributed by atoms with van der Waals surface area (Å²) < 4.78 is 9.82. The molecular formula is C15H19NO5. The summed E-state index contributed by atoms with van der Waals surface area (Å²) in [6.45, 7) is 0.535. The van der Waals surface area contributed by atoms with Gasteiger partial charge in [-0.15, -0.1) is 0 Å². The predicted molar refractivity (Wildman–Crippen MR) is 74.4 cm³/mol. The second-order valence-corrected chi connectivity index (χ2v) is 4.94. The zero-order chi connectivity index (χ0) is 15.2. The van der Waals surface area contributed by atoms with E-state index in [1.165, 1.54) is 12.0 Å². The van der Waals surface area contributed by atoms with E-state index >= 15 is 0 Å². The van der Waals surface area contributed by atoms with Crippen LogP contribution in [0.15, 0.2) is 30.3 Å². The molecule has 0 aliphatic carbocycles. The Morgan fingerprint density at radius 1 is 1.33 bits per heavy atom. The van der Waals surface area contributed by atoms with E-state index in [1.54, 1.807) is 0 Å². The fourth-order valence-corrected chi connectivity index (χ4v) is 2.37. The van der Waals surface area contributed by atoms with Gasteiger partial charge in [0, 0.05) is 6.54 Å². The first-order valence-corrected chi connectivity index (χ1v) is 6.84. The minimum Gasteiger partial charge on any atom is -0.469 e. The van der Waals surface area contributed by atoms with Crippen LogP contribution < -0.4 is 0 Å². The van der Waals surface area contributed by atoms with Crippen molar-refractivity contribution >= 4 is 12.1 Å². The number of benzene rings is 1. The Morgan fingerprint density at radius 3 is 2.71 bits per heavy atom. The van der Waals surface area contributed by atoms with Gasteiger partial charge in [-0.3, -0.25) is 4.79 Å². The first kappa shape index (κ1) is 15.3. The number of rotatable bonds is 4. The van der Waals surface area contributed by atoms with Crippen LogP contribution in [-0.2, 0) is 20.9 Å². The zero-order valence-corrected chi connectivity index (χ0v) is 11.9. The number of aliphatic hydroxyl groups is 1. The summed E-state index contributed by atoms with van der Waals surface area (Å²) >= 11 is 0. The Bertz CT molecular complexity index is 490. The number of likely N-dealkylation sites (tertiary alicyclic amines) is 1. The Balaban J connectivity index is 1.92. The Hall–Kier alpha value is -2.08. The van der Waals surface area contributed by atoms with E-state index in [1.807, 2.05) is 30.3 Å². The monoisotopic (exact) mass is 293 g/mol. The number of hydrogen-bond acceptors (Lipinski definition) is 5. The van der Waals surface area contributed by atoms with E-state index in [4.69, 9.17) is 4.74 Å². The number of ether oxygens (including phenoxy) is 2. The third-order valence-corrected chi connectivity index (χ3v) is 3.55. The van der Waals surface area contributed by atoms with Gasteiger partial charge in [0.1, 0.15) is 6.61 Å². The summed E-state index contributed by atoms with van der Waals surface area (Å²) in [5.41, 5.74) is 0.884. The summed E-state index contributed by atoms with van der Waals surface area (Å²) in [7, 11) is 1.28. The predicted octanol–water partition coefficient (Wildman–Crippen LogP) is 1.32. The van der Waals surface area contributed by atoms with Gasteiger partial charge in [-0.2, -0.15) is 0 Å². The highest BCUT2D eigenvalue weighted by atomic mass is 16.6. The van der Waals surface area contributed by atoms with Gasteiger partial charge in [-0.05, 0) is 12.0 Å². The number of carbonyl (C=O) groups is 2. The highest BCUT2D eigenvalue weighted by molar-refractivity contribution is 5.73. The lowest BCUT2D eigenvalue weighted by Crippen LogP contribution is -2.41. The minimum atomic E-state index is -0.728. The van der Waals surface area contributed by atoms with Gasteiger partial charge in [0.15, 0.2) is 0 Å². The summed E-state index contributed by atoms with van der Waals surface area (Å²) in [4.78, 5) is 24.8. The average Bonchev–Trinajstić information content (AvgIpc) is 2.87. The van der Waals surface area contributed by atoms with E-state index < -0.39 is 24.2 Å². The van der Waals surface area contributed by atoms with Gasteiger partial charge < -0.3 is 19.5 Å². The fourth-order valence-electron chi connectivity index (χ4n) is 2.37. The van der Waals surface area contributed by atoms with E-state index in [0.29, 0.717) is 13.0 Å². The standard InChI is InChI=1S/C15H19NO5/c1-20-14(18)9-12-13(17)7-8-16(12)15(19)21-10-11-5-3-2-4-6-11/h2-6,12-13,17H,7-10H2,1H3/t12-,13+/m1/s1. The molecule has 0 unspecified atom stereocenters. The third-order valence-electron chi connectivity index (χ3n) is 3.55. The largest absolute Gasteiger partial charge is 0.469 e. The van der Waals surface area contributed by atoms with E-state index in [0.717, 1.165) is 5.56 Å². The van der Waals surface area contributed by atoms with Crippen molar-refractivity contribution in [3.63, 3.8) is 0 Å². The molecule has 114 valence electrons. The Kier molecular flexibility index (Phi) is 5.16. The maximum absolute atomic E-state index is 12.1. The molecule has 0 saturated carbocycles. The van der Waals surface area contributed by atoms with Crippen LogP contribution in [0.3, 0.4) is 0 Å². The van der Waals surface area contributed by atoms with Gasteiger partial charge in [-0.25, -0.2) is 4.79 Å². The van der Waals surface area contributed by atoms with Crippen LogP contribution in [0, 0.1) is 0 Å². The summed E-state index contributed by atoms with van der Waals surface area (Å²) in [5.74, 6) is -0.457. The fraction of sp³-hybridized carbons (Fsp3) is 0.467. The molecule has 1 aliphatic heterocycles. The topological polar surface area (TPSA) is 76.1 Å². The lowest BCUT2D eigenvalue weighted by atomic mass is 10.1. The molecule has 1 saturated heterocycles. The maximum atomic E-state index is 12.1. The lowest BCUT2D eigenvalue weighted by Gasteiger charge is -2.24. The van der Waals surface area contributed by atoms with Crippen molar-refractivity contribution in [3.8, 4) is 0 Å². The van der Waals surface area contributed by atoms with Gasteiger partial charge in [-0.1, -0.05) is 30.3 Å². The number of esters is 1. The van der Waals surface area contributed by atoms with Crippen LogP contribution in [0.4, 0.5) is 4.79 Å². The average molecular weight is 293 g/mol. The van der Waals surface area contributed by atoms with Crippen molar-refractivity contribution in [2.24, 2.45) is 0 Å². The molecule has 1 N–H and O–H groups in total. The molecule has 1 aliphatic rings. The molecular weight excluding hydrogens is 274 g/mol. The van der Waals surface area contributed by atoms with Crippen LogP contribution in [0.1, 0.15) is 18.4 Å². The SMILES string of the molecule is COC(=O)C[C@@H]1[C@@H](O)CCN1C(=O)OCc1ccccc1. The minimum absolute atomic E-state index is 0.0297. The van der Waals surface area contributed by atoms with E-state index in [2.05, 4.69) is 4.74 Å². The van der Waals surface area contributed by atoms with Crippen molar-refractivity contribution in [2.75, 3.05) is 13.7 Å². The molecule has 0 spiro atoms. The quantitative estimate of drug-likeness (QED) is 0.847. The first-order valence-electron chi connectivity index (χ1n) is 6.84. The van der Waals surface area contributed by atoms with Crippen LogP contribution in [-0.4, -0.2) is 47.9 Å². The molecule has 0 bridgehead atoms. The summed E-state index contributed by atoms with van der Waals surface area (Å²) in [5, 5.41) is 9.88. The molecule has 6 nitrogen and oxygen atoms in total. The molecule has 1 fully saturated rings. The molecule has 6 heteroatoms. The second kappa shape index (κ2) is 7.08. The molecule has 1 aromatic rings. The van der Waals surface area contributed by atoms with E-state index in [-0.39, 0.29) is 13.0 Å². The lowest BCUT2D eigenvalue weighted by molar-refractivity contribution is -0.142. The number of carbonyl (C=O) groups excluding carboxylic acids is 2. The van der Waals surface area contributed by atoms with Crippen molar-refractivity contribution in [1.29, 1.82) is 0 Å². The molecule has 1 heterocycles. The van der Waals surface area contributed by atoms with Crippen molar-refractivity contribution in [1.82, 2.24) is 4.90 Å². The van der Waals surface area contributed by atoms with Crippen molar-refractivity contribution in [2.45, 2.75) is 31.6 Å². The van der Waals surface area contributed by atoms with Gasteiger partial charge >= 0.3 is 12.1 Å². The highest BCUT2D eigenvalue weighted by Crippen LogP contribution is 2.22. The molecule has 2 atom stereocenters. The Labute approximate surface area is 123 Å². The van der Waals surface area contributed by atoms with Gasteiger partial charge in [0.25, 0.3) is 0 Å². The number of methoxy groups -OCH3 is 1. The number of aliphatic hydroxyl groups excluding tert-OH is 1. The smallest absolute Gasteiger partial charge is 0.410 e. The van der Waals surface area contributed by atoms with Gasteiger partial charge in [0.2, 0.25) is 0 Å². The molecule has 21 heavy (non-hydrogen) atoms. The van der Waals surface area contributed by atoms with Crippen LogP contribution >= 0.6 is 0 Å². The third kappa shape index (κ3) is 3.95. The summed E-state index contributed by atoms with van der Waals surface area (Å²) in [6, 6.07) is 8.75. The van der Waals surface area contributed by atoms with Crippen LogP contribution in [0.5, 0.6) is 0 Å². The second-order valence-electron chi connectivity index (χ2n) is 4.94. The molecule has 0 aromatic heterocycles. The van der Waals surface area contributed by atoms with Crippen molar-refractivity contribution in [3.05, 3.63) is 35.9 Å². The first-order chi connectivity index (χ1) is 10.1. The number of hydrogen-bond donors (Lipinski definition) is 1. The zero-order valence-electron chi connectivity index (χ0n) is 11.9. The highest BCUT2D eigenvalue weighted by Gasteiger charge is 2.38. The maximum Gasteiger partial charge on any atom is 0.410 e. The molecule has 1 aromatic carbocycles. The normalized spacial score (nSPS) is 21.1. The van der Waals surface area contributed by atoms with Gasteiger partial charge in [0.05, 0.1) is 25.7 Å². The summed E-state index contributed by atoms with van der Waals surface area (Å²) in [6.07, 6.45) is -0.849. The molecule has 1 amide bonds. The molecule has 2 rings (SSSR count). The van der Waals surface area contributed by atoms with Crippen LogP contribution in [0.2, 0.25) is 0 Å². The van der Waals surface area contributed by atoms with Crippen molar-refractivity contribution < 1.29 is 24.2 Å². The van der Waals surface area contributed by atoms with Crippen LogP contribution in [0.25, 0.3) is 0 Å². The Morgan fingerprint density at radius 2 is 2.05 bits per heavy atom. The van der Waals surface area contributed by atoms with E-state index in [9.17, 15) is 14.7 Å². The number of nitrogens with zero attached hydrogens (tertiary/aromatic N) is 1. The number of amides is 1.